The van der Waals surface area contributed by atoms with Crippen molar-refractivity contribution in [2.75, 3.05) is 5.32 Å². The molecule has 0 saturated heterocycles. The van der Waals surface area contributed by atoms with Crippen LogP contribution in [0.1, 0.15) is 23.0 Å². The molecule has 0 aliphatic rings. The first-order valence-corrected chi connectivity index (χ1v) is 5.79. The first-order chi connectivity index (χ1) is 8.69. The van der Waals surface area contributed by atoms with E-state index in [1.54, 1.807) is 6.07 Å². The van der Waals surface area contributed by atoms with E-state index in [0.717, 1.165) is 12.1 Å². The Morgan fingerprint density at radius 1 is 1.33 bits per heavy atom. The van der Waals surface area contributed by atoms with Crippen molar-refractivity contribution in [3.63, 3.8) is 0 Å². The molecular formula is C12H11ClN4O. The summed E-state index contributed by atoms with van der Waals surface area (Å²) in [5.41, 5.74) is 1.78. The highest BCUT2D eigenvalue weighted by Gasteiger charge is 2.09. The van der Waals surface area contributed by atoms with Gasteiger partial charge in [-0.15, -0.1) is 0 Å². The Hall–Kier alpha value is -2.01. The Balaban J connectivity index is 2.21. The number of carbonyl (C=O) groups excluding carboxylic acids is 1. The van der Waals surface area contributed by atoms with Gasteiger partial charge in [-0.2, -0.15) is 0 Å². The fourth-order valence-electron chi connectivity index (χ4n) is 1.43. The van der Waals surface area contributed by atoms with Crippen LogP contribution < -0.4 is 5.32 Å². The lowest BCUT2D eigenvalue weighted by Crippen LogP contribution is -2.13. The van der Waals surface area contributed by atoms with E-state index >= 15 is 0 Å². The molecule has 92 valence electrons. The molecule has 0 saturated carbocycles. The molecule has 0 atom stereocenters. The molecule has 2 rings (SSSR count). The number of aryl methyl sites for hydroxylation is 1. The van der Waals surface area contributed by atoms with Crippen LogP contribution in [-0.2, 0) is 6.42 Å². The zero-order valence-corrected chi connectivity index (χ0v) is 10.5. The summed E-state index contributed by atoms with van der Waals surface area (Å²) in [5.74, 6) is -0.260. The summed E-state index contributed by atoms with van der Waals surface area (Å²) in [6.45, 7) is 1.95. The highest BCUT2D eigenvalue weighted by atomic mass is 35.5. The summed E-state index contributed by atoms with van der Waals surface area (Å²) in [5, 5.41) is 3.00. The molecule has 2 heterocycles. The lowest BCUT2D eigenvalue weighted by atomic mass is 10.2. The summed E-state index contributed by atoms with van der Waals surface area (Å²) in [6, 6.07) is 3.24. The van der Waals surface area contributed by atoms with Gasteiger partial charge in [0.1, 0.15) is 11.5 Å². The van der Waals surface area contributed by atoms with Gasteiger partial charge in [-0.3, -0.25) is 4.79 Å². The van der Waals surface area contributed by atoms with Crippen molar-refractivity contribution in [3.8, 4) is 0 Å². The molecule has 0 bridgehead atoms. The minimum atomic E-state index is -0.260. The number of aromatic nitrogens is 3. The van der Waals surface area contributed by atoms with Gasteiger partial charge >= 0.3 is 0 Å². The molecule has 0 aliphatic carbocycles. The van der Waals surface area contributed by atoms with Crippen molar-refractivity contribution in [3.05, 3.63) is 47.3 Å². The topological polar surface area (TPSA) is 67.8 Å². The predicted octanol–water partition coefficient (Wildman–Crippen LogP) is 2.34. The van der Waals surface area contributed by atoms with Gasteiger partial charge in [-0.1, -0.05) is 18.5 Å². The number of nitrogens with one attached hydrogen (secondary N) is 1. The van der Waals surface area contributed by atoms with Crippen molar-refractivity contribution in [2.24, 2.45) is 0 Å². The number of carbonyl (C=O) groups is 1. The van der Waals surface area contributed by atoms with Gasteiger partial charge < -0.3 is 5.32 Å². The lowest BCUT2D eigenvalue weighted by Gasteiger charge is -2.06. The second-order valence-corrected chi connectivity index (χ2v) is 3.99. The second kappa shape index (κ2) is 5.55. The number of hydrogen-bond donors (Lipinski definition) is 1. The Morgan fingerprint density at radius 2 is 2.06 bits per heavy atom. The third-order valence-electron chi connectivity index (χ3n) is 2.29. The van der Waals surface area contributed by atoms with Crippen molar-refractivity contribution in [1.29, 1.82) is 0 Å². The summed E-state index contributed by atoms with van der Waals surface area (Å²) in [6.07, 6.45) is 5.16. The molecule has 0 unspecified atom stereocenters. The molecule has 2 aromatic rings. The third kappa shape index (κ3) is 3.01. The number of hydrogen-bond acceptors (Lipinski definition) is 4. The summed E-state index contributed by atoms with van der Waals surface area (Å²) >= 11 is 5.86. The minimum absolute atomic E-state index is 0.260. The van der Waals surface area contributed by atoms with E-state index in [2.05, 4.69) is 20.3 Å². The quantitative estimate of drug-likeness (QED) is 0.862. The van der Waals surface area contributed by atoms with Gasteiger partial charge in [-0.05, 0) is 18.6 Å². The molecule has 0 aromatic carbocycles. The normalized spacial score (nSPS) is 10.1. The van der Waals surface area contributed by atoms with Crippen LogP contribution in [0.2, 0.25) is 5.15 Å². The lowest BCUT2D eigenvalue weighted by molar-refractivity contribution is 0.102. The molecule has 18 heavy (non-hydrogen) atoms. The first-order valence-electron chi connectivity index (χ1n) is 5.42. The molecule has 0 radical (unpaired) electrons. The fourth-order valence-corrected chi connectivity index (χ4v) is 1.66. The van der Waals surface area contributed by atoms with Crippen LogP contribution in [0.25, 0.3) is 0 Å². The van der Waals surface area contributed by atoms with Gasteiger partial charge in [0.05, 0.1) is 18.1 Å². The van der Waals surface area contributed by atoms with Gasteiger partial charge in [0.15, 0.2) is 0 Å². The molecular weight excluding hydrogens is 252 g/mol. The molecule has 2 aromatic heterocycles. The Bertz CT molecular complexity index is 559. The summed E-state index contributed by atoms with van der Waals surface area (Å²) in [7, 11) is 0. The summed E-state index contributed by atoms with van der Waals surface area (Å²) < 4.78 is 0. The van der Waals surface area contributed by atoms with E-state index in [0.29, 0.717) is 16.4 Å². The molecule has 0 fully saturated rings. The Kier molecular flexibility index (Phi) is 3.84. The standard InChI is InChI=1S/C12H11ClN4O/c1-2-9-3-8(4-11(13)16-9)12(18)17-10-5-14-7-15-6-10/h3-7H,2H2,1H3,(H,17,18). The van der Waals surface area contributed by atoms with Crippen molar-refractivity contribution in [2.45, 2.75) is 13.3 Å². The van der Waals surface area contributed by atoms with E-state index in [9.17, 15) is 4.79 Å². The number of halogens is 1. The first kappa shape index (κ1) is 12.4. The molecule has 1 amide bonds. The Morgan fingerprint density at radius 3 is 2.72 bits per heavy atom. The monoisotopic (exact) mass is 262 g/mol. The molecule has 0 spiro atoms. The highest BCUT2D eigenvalue weighted by molar-refractivity contribution is 6.29. The number of amides is 1. The zero-order chi connectivity index (χ0) is 13.0. The van der Waals surface area contributed by atoms with Crippen LogP contribution in [0.15, 0.2) is 30.9 Å². The van der Waals surface area contributed by atoms with Gasteiger partial charge in [-0.25, -0.2) is 15.0 Å². The maximum atomic E-state index is 12.0. The Labute approximate surface area is 109 Å². The van der Waals surface area contributed by atoms with E-state index in [4.69, 9.17) is 11.6 Å². The van der Waals surface area contributed by atoms with Crippen LogP contribution in [-0.4, -0.2) is 20.9 Å². The van der Waals surface area contributed by atoms with Crippen LogP contribution in [0.5, 0.6) is 0 Å². The number of anilines is 1. The van der Waals surface area contributed by atoms with Crippen LogP contribution in [0.4, 0.5) is 5.69 Å². The van der Waals surface area contributed by atoms with Crippen molar-refractivity contribution >= 4 is 23.2 Å². The second-order valence-electron chi connectivity index (χ2n) is 3.60. The number of rotatable bonds is 3. The number of nitrogens with zero attached hydrogens (tertiary/aromatic N) is 3. The van der Waals surface area contributed by atoms with Crippen LogP contribution in [0.3, 0.4) is 0 Å². The van der Waals surface area contributed by atoms with Gasteiger partial charge in [0.2, 0.25) is 0 Å². The van der Waals surface area contributed by atoms with Crippen LogP contribution in [0, 0.1) is 0 Å². The summed E-state index contributed by atoms with van der Waals surface area (Å²) in [4.78, 5) is 23.7. The maximum absolute atomic E-state index is 12.0. The average Bonchev–Trinajstić information content (AvgIpc) is 2.39. The number of pyridine rings is 1. The predicted molar refractivity (Wildman–Crippen MR) is 68.6 cm³/mol. The molecule has 6 heteroatoms. The van der Waals surface area contributed by atoms with E-state index < -0.39 is 0 Å². The fraction of sp³-hybridized carbons (Fsp3) is 0.167. The molecule has 0 aliphatic heterocycles. The minimum Gasteiger partial charge on any atom is -0.319 e. The zero-order valence-electron chi connectivity index (χ0n) is 9.72. The largest absolute Gasteiger partial charge is 0.319 e. The van der Waals surface area contributed by atoms with Crippen LogP contribution >= 0.6 is 11.6 Å². The van der Waals surface area contributed by atoms with E-state index in [-0.39, 0.29) is 5.91 Å². The van der Waals surface area contributed by atoms with E-state index in [1.165, 1.54) is 24.8 Å². The smallest absolute Gasteiger partial charge is 0.255 e. The molecule has 1 N–H and O–H groups in total. The SMILES string of the molecule is CCc1cc(C(=O)Nc2cncnc2)cc(Cl)n1. The maximum Gasteiger partial charge on any atom is 0.255 e. The van der Waals surface area contributed by atoms with Crippen molar-refractivity contribution in [1.82, 2.24) is 15.0 Å². The average molecular weight is 263 g/mol. The van der Waals surface area contributed by atoms with Crippen molar-refractivity contribution < 1.29 is 4.79 Å². The highest BCUT2D eigenvalue weighted by Crippen LogP contribution is 2.13. The third-order valence-corrected chi connectivity index (χ3v) is 2.48. The van der Waals surface area contributed by atoms with Gasteiger partial charge in [0, 0.05) is 11.3 Å². The molecule has 5 nitrogen and oxygen atoms in total. The van der Waals surface area contributed by atoms with E-state index in [1.807, 2.05) is 6.92 Å². The van der Waals surface area contributed by atoms with Gasteiger partial charge in [0.25, 0.3) is 5.91 Å².